The molecule has 4 heteroatoms. The summed E-state index contributed by atoms with van der Waals surface area (Å²) in [6.45, 7) is 7.32. The van der Waals surface area contributed by atoms with Crippen LogP contribution < -0.4 is 5.32 Å². The molecule has 0 saturated carbocycles. The van der Waals surface area contributed by atoms with E-state index in [1.54, 1.807) is 0 Å². The Kier molecular flexibility index (Phi) is 4.94. The number of benzene rings is 2. The lowest BCUT2D eigenvalue weighted by Crippen LogP contribution is -2.09. The molecule has 24 heavy (non-hydrogen) atoms. The number of para-hydroxylation sites is 1. The minimum absolute atomic E-state index is 0.487. The van der Waals surface area contributed by atoms with E-state index in [9.17, 15) is 0 Å². The molecule has 1 aromatic heterocycles. The van der Waals surface area contributed by atoms with E-state index in [2.05, 4.69) is 54.5 Å². The highest BCUT2D eigenvalue weighted by Crippen LogP contribution is 2.27. The summed E-state index contributed by atoms with van der Waals surface area (Å²) in [5.41, 5.74) is 4.77. The van der Waals surface area contributed by atoms with Crippen molar-refractivity contribution in [1.29, 1.82) is 0 Å². The van der Waals surface area contributed by atoms with Gasteiger partial charge in [-0.25, -0.2) is 0 Å². The predicted molar refractivity (Wildman–Crippen MR) is 97.2 cm³/mol. The average molecular weight is 321 g/mol. The van der Waals surface area contributed by atoms with Gasteiger partial charge in [0.1, 0.15) is 0 Å². The van der Waals surface area contributed by atoms with Gasteiger partial charge in [0, 0.05) is 24.2 Å². The highest BCUT2D eigenvalue weighted by molar-refractivity contribution is 5.58. The van der Waals surface area contributed by atoms with Crippen molar-refractivity contribution in [1.82, 2.24) is 10.2 Å². The summed E-state index contributed by atoms with van der Waals surface area (Å²) in [6.07, 6.45) is 0.700. The predicted octanol–water partition coefficient (Wildman–Crippen LogP) is 4.82. The molecule has 0 aliphatic rings. The number of aromatic nitrogens is 2. The van der Waals surface area contributed by atoms with Gasteiger partial charge in [0.15, 0.2) is 0 Å². The molecule has 2 aromatic carbocycles. The molecule has 124 valence electrons. The molecule has 0 fully saturated rings. The number of nitrogens with one attached hydrogen (secondary N) is 1. The molecule has 0 bridgehead atoms. The van der Waals surface area contributed by atoms with Crippen LogP contribution in [0.15, 0.2) is 52.9 Å². The molecular weight excluding hydrogens is 298 g/mol. The van der Waals surface area contributed by atoms with E-state index in [0.717, 1.165) is 12.1 Å². The van der Waals surface area contributed by atoms with Gasteiger partial charge in [-0.2, -0.15) is 0 Å². The molecule has 0 unspecified atom stereocenters. The second kappa shape index (κ2) is 7.30. The quantitative estimate of drug-likeness (QED) is 0.707. The lowest BCUT2D eigenvalue weighted by molar-refractivity contribution is 0.509. The Morgan fingerprint density at radius 2 is 1.79 bits per heavy atom. The maximum atomic E-state index is 5.75. The van der Waals surface area contributed by atoms with Crippen LogP contribution in [0.2, 0.25) is 0 Å². The highest BCUT2D eigenvalue weighted by atomic mass is 16.4. The van der Waals surface area contributed by atoms with E-state index in [1.165, 1.54) is 16.8 Å². The van der Waals surface area contributed by atoms with Gasteiger partial charge in [0.2, 0.25) is 11.8 Å². The maximum absolute atomic E-state index is 5.75. The number of hydrogen-bond acceptors (Lipinski definition) is 4. The molecule has 0 spiro atoms. The molecule has 0 saturated heterocycles. The third-order valence-electron chi connectivity index (χ3n) is 4.06. The molecular formula is C20H23N3O. The summed E-state index contributed by atoms with van der Waals surface area (Å²) in [4.78, 5) is 0. The van der Waals surface area contributed by atoms with Crippen molar-refractivity contribution in [2.24, 2.45) is 0 Å². The lowest BCUT2D eigenvalue weighted by Gasteiger charge is -2.16. The smallest absolute Gasteiger partial charge is 0.247 e. The topological polar surface area (TPSA) is 51.0 Å². The van der Waals surface area contributed by atoms with E-state index >= 15 is 0 Å². The van der Waals surface area contributed by atoms with E-state index in [1.807, 2.05) is 30.3 Å². The van der Waals surface area contributed by atoms with Crippen LogP contribution in [0.5, 0.6) is 0 Å². The molecule has 4 nitrogen and oxygen atoms in total. The zero-order chi connectivity index (χ0) is 16.9. The zero-order valence-corrected chi connectivity index (χ0v) is 14.4. The second-order valence-corrected chi connectivity index (χ2v) is 6.24. The minimum Gasteiger partial charge on any atom is -0.421 e. The third-order valence-corrected chi connectivity index (χ3v) is 4.06. The first-order chi connectivity index (χ1) is 11.6. The number of aryl methyl sites for hydroxylation is 1. The van der Waals surface area contributed by atoms with Crippen LogP contribution in [-0.2, 0) is 6.42 Å². The second-order valence-electron chi connectivity index (χ2n) is 6.24. The molecule has 3 aromatic rings. The largest absolute Gasteiger partial charge is 0.421 e. The van der Waals surface area contributed by atoms with Gasteiger partial charge in [0.05, 0.1) is 0 Å². The van der Waals surface area contributed by atoms with Gasteiger partial charge in [-0.3, -0.25) is 0 Å². The molecule has 1 heterocycles. The first-order valence-corrected chi connectivity index (χ1v) is 8.36. The van der Waals surface area contributed by atoms with Crippen LogP contribution in [0.4, 0.5) is 5.69 Å². The minimum atomic E-state index is 0.487. The summed E-state index contributed by atoms with van der Waals surface area (Å²) in [5.74, 6) is 1.71. The molecule has 0 amide bonds. The van der Waals surface area contributed by atoms with Gasteiger partial charge in [-0.1, -0.05) is 50.2 Å². The summed E-state index contributed by atoms with van der Waals surface area (Å²) < 4.78 is 5.75. The standard InChI is InChI=1S/C20H23N3O/c1-14(2)17-11-7-8-15(3)19(17)21-13-12-18-22-23-20(24-18)16-9-5-4-6-10-16/h4-11,14,21H,12-13H2,1-3H3. The molecule has 0 atom stereocenters. The van der Waals surface area contributed by atoms with Crippen molar-refractivity contribution in [3.63, 3.8) is 0 Å². The fraction of sp³-hybridized carbons (Fsp3) is 0.300. The van der Waals surface area contributed by atoms with Crippen molar-refractivity contribution >= 4 is 5.69 Å². The fourth-order valence-electron chi connectivity index (χ4n) is 2.76. The van der Waals surface area contributed by atoms with Crippen LogP contribution in [0, 0.1) is 6.92 Å². The van der Waals surface area contributed by atoms with Crippen LogP contribution in [-0.4, -0.2) is 16.7 Å². The van der Waals surface area contributed by atoms with Crippen LogP contribution in [0.3, 0.4) is 0 Å². The first kappa shape index (κ1) is 16.2. The summed E-state index contributed by atoms with van der Waals surface area (Å²) in [7, 11) is 0. The SMILES string of the molecule is Cc1cccc(C(C)C)c1NCCc1nnc(-c2ccccc2)o1. The summed E-state index contributed by atoms with van der Waals surface area (Å²) >= 11 is 0. The lowest BCUT2D eigenvalue weighted by atomic mass is 9.98. The van der Waals surface area contributed by atoms with E-state index < -0.39 is 0 Å². The van der Waals surface area contributed by atoms with Crippen LogP contribution in [0.25, 0.3) is 11.5 Å². The number of hydrogen-bond donors (Lipinski definition) is 1. The van der Waals surface area contributed by atoms with Crippen molar-refractivity contribution in [3.8, 4) is 11.5 Å². The molecule has 1 N–H and O–H groups in total. The first-order valence-electron chi connectivity index (χ1n) is 8.36. The monoisotopic (exact) mass is 321 g/mol. The Morgan fingerprint density at radius 1 is 1.00 bits per heavy atom. The Balaban J connectivity index is 1.65. The number of anilines is 1. The Hall–Kier alpha value is -2.62. The van der Waals surface area contributed by atoms with Crippen LogP contribution >= 0.6 is 0 Å². The third kappa shape index (κ3) is 3.65. The van der Waals surface area contributed by atoms with Crippen molar-refractivity contribution in [2.45, 2.75) is 33.1 Å². The van der Waals surface area contributed by atoms with Crippen molar-refractivity contribution in [3.05, 3.63) is 65.5 Å². The summed E-state index contributed by atoms with van der Waals surface area (Å²) in [6, 6.07) is 16.3. The Labute approximate surface area is 142 Å². The van der Waals surface area contributed by atoms with E-state index in [-0.39, 0.29) is 0 Å². The van der Waals surface area contributed by atoms with Crippen molar-refractivity contribution in [2.75, 3.05) is 11.9 Å². The van der Waals surface area contributed by atoms with Gasteiger partial charge in [-0.15, -0.1) is 10.2 Å². The molecule has 0 aliphatic carbocycles. The maximum Gasteiger partial charge on any atom is 0.247 e. The van der Waals surface area contributed by atoms with Gasteiger partial charge < -0.3 is 9.73 Å². The molecule has 3 rings (SSSR count). The fourth-order valence-corrected chi connectivity index (χ4v) is 2.76. The Bertz CT molecular complexity index is 794. The zero-order valence-electron chi connectivity index (χ0n) is 14.4. The van der Waals surface area contributed by atoms with Gasteiger partial charge in [-0.05, 0) is 36.1 Å². The van der Waals surface area contributed by atoms with Crippen molar-refractivity contribution < 1.29 is 4.42 Å². The molecule has 0 aliphatic heterocycles. The van der Waals surface area contributed by atoms with E-state index in [0.29, 0.717) is 24.1 Å². The average Bonchev–Trinajstić information content (AvgIpc) is 3.06. The Morgan fingerprint density at radius 3 is 2.54 bits per heavy atom. The normalized spacial score (nSPS) is 11.0. The summed E-state index contributed by atoms with van der Waals surface area (Å²) in [5, 5.41) is 11.8. The van der Waals surface area contributed by atoms with Gasteiger partial charge in [0.25, 0.3) is 0 Å². The molecule has 0 radical (unpaired) electrons. The number of nitrogens with zero attached hydrogens (tertiary/aromatic N) is 2. The van der Waals surface area contributed by atoms with Crippen LogP contribution in [0.1, 0.15) is 36.8 Å². The number of rotatable bonds is 6. The van der Waals surface area contributed by atoms with E-state index in [4.69, 9.17) is 4.42 Å². The highest BCUT2D eigenvalue weighted by Gasteiger charge is 2.10. The van der Waals surface area contributed by atoms with Gasteiger partial charge >= 0.3 is 0 Å².